The molecule has 0 saturated carbocycles. The molecule has 0 spiro atoms. The van der Waals surface area contributed by atoms with Crippen molar-refractivity contribution in [3.05, 3.63) is 98.7 Å². The van der Waals surface area contributed by atoms with Gasteiger partial charge in [0, 0.05) is 16.1 Å². The molecule has 0 amide bonds. The first kappa shape index (κ1) is 18.6. The molecule has 28 heavy (non-hydrogen) atoms. The number of rotatable bonds is 4. The van der Waals surface area contributed by atoms with Crippen LogP contribution in [0.4, 0.5) is 0 Å². The SMILES string of the molecule is Cc1cc(OCc2ccc(Cl)cc2)cc2c1C(=O)/C(=C/c1cccc(Cl)c1)O2. The summed E-state index contributed by atoms with van der Waals surface area (Å²) in [7, 11) is 0. The molecule has 0 aromatic heterocycles. The van der Waals surface area contributed by atoms with Crippen molar-refractivity contribution in [2.45, 2.75) is 13.5 Å². The average Bonchev–Trinajstić information content (AvgIpc) is 2.97. The number of Topliss-reactive ketones (excluding diaryl/α,β-unsaturated/α-hetero) is 1. The first-order valence-electron chi connectivity index (χ1n) is 8.71. The number of hydrogen-bond acceptors (Lipinski definition) is 3. The van der Waals surface area contributed by atoms with Crippen molar-refractivity contribution in [1.82, 2.24) is 0 Å². The van der Waals surface area contributed by atoms with E-state index < -0.39 is 0 Å². The van der Waals surface area contributed by atoms with Gasteiger partial charge < -0.3 is 9.47 Å². The second-order valence-corrected chi connectivity index (χ2v) is 7.40. The van der Waals surface area contributed by atoms with Crippen LogP contribution in [0, 0.1) is 6.92 Å². The summed E-state index contributed by atoms with van der Waals surface area (Å²) >= 11 is 11.9. The van der Waals surface area contributed by atoms with Crippen LogP contribution in [-0.2, 0) is 6.61 Å². The number of ether oxygens (including phenoxy) is 2. The van der Waals surface area contributed by atoms with E-state index in [1.807, 2.05) is 49.4 Å². The lowest BCUT2D eigenvalue weighted by atomic mass is 10.0. The maximum Gasteiger partial charge on any atom is 0.232 e. The summed E-state index contributed by atoms with van der Waals surface area (Å²) in [6.45, 7) is 2.27. The van der Waals surface area contributed by atoms with Gasteiger partial charge in [-0.3, -0.25) is 4.79 Å². The van der Waals surface area contributed by atoms with Gasteiger partial charge in [0.15, 0.2) is 5.76 Å². The maximum atomic E-state index is 12.7. The molecule has 5 heteroatoms. The standard InChI is InChI=1S/C23H16Cl2O3/c1-14-9-19(27-13-15-5-7-17(24)8-6-15)12-20-22(14)23(26)21(28-20)11-16-3-2-4-18(25)10-16/h2-12H,13H2,1H3/b21-11-. The number of fused-ring (bicyclic) bond motifs is 1. The Balaban J connectivity index is 1.56. The van der Waals surface area contributed by atoms with Crippen molar-refractivity contribution in [3.8, 4) is 11.5 Å². The fraction of sp³-hybridized carbons (Fsp3) is 0.0870. The van der Waals surface area contributed by atoms with Gasteiger partial charge >= 0.3 is 0 Å². The number of allylic oxidation sites excluding steroid dienone is 1. The molecule has 0 N–H and O–H groups in total. The van der Waals surface area contributed by atoms with Gasteiger partial charge in [0.2, 0.25) is 5.78 Å². The number of carbonyl (C=O) groups is 1. The predicted octanol–water partition coefficient (Wildman–Crippen LogP) is 6.50. The Bertz CT molecular complexity index is 1090. The molecule has 140 valence electrons. The first-order valence-corrected chi connectivity index (χ1v) is 9.47. The summed E-state index contributed by atoms with van der Waals surface area (Å²) in [5, 5.41) is 1.29. The molecular formula is C23H16Cl2O3. The van der Waals surface area contributed by atoms with E-state index in [1.54, 1.807) is 24.3 Å². The Labute approximate surface area is 173 Å². The summed E-state index contributed by atoms with van der Waals surface area (Å²) in [6.07, 6.45) is 1.70. The Hall–Kier alpha value is -2.75. The fourth-order valence-corrected chi connectivity index (χ4v) is 3.38. The highest BCUT2D eigenvalue weighted by molar-refractivity contribution is 6.31. The second kappa shape index (κ2) is 7.70. The third-order valence-electron chi connectivity index (χ3n) is 4.41. The quantitative estimate of drug-likeness (QED) is 0.460. The number of carbonyl (C=O) groups excluding carboxylic acids is 1. The van der Waals surface area contributed by atoms with Gasteiger partial charge in [-0.1, -0.05) is 47.5 Å². The molecular weight excluding hydrogens is 395 g/mol. The van der Waals surface area contributed by atoms with Crippen molar-refractivity contribution < 1.29 is 14.3 Å². The highest BCUT2D eigenvalue weighted by atomic mass is 35.5. The van der Waals surface area contributed by atoms with Crippen molar-refractivity contribution in [1.29, 1.82) is 0 Å². The Morgan fingerprint density at radius 2 is 1.79 bits per heavy atom. The lowest BCUT2D eigenvalue weighted by Crippen LogP contribution is -2.00. The van der Waals surface area contributed by atoms with Crippen molar-refractivity contribution in [2.24, 2.45) is 0 Å². The minimum Gasteiger partial charge on any atom is -0.489 e. The number of halogens is 2. The van der Waals surface area contributed by atoms with Crippen LogP contribution in [-0.4, -0.2) is 5.78 Å². The first-order chi connectivity index (χ1) is 13.5. The van der Waals surface area contributed by atoms with Crippen LogP contribution < -0.4 is 9.47 Å². The van der Waals surface area contributed by atoms with Gasteiger partial charge in [-0.25, -0.2) is 0 Å². The molecule has 0 radical (unpaired) electrons. The predicted molar refractivity (Wildman–Crippen MR) is 111 cm³/mol. The summed E-state index contributed by atoms with van der Waals surface area (Å²) in [6, 6.07) is 18.3. The van der Waals surface area contributed by atoms with E-state index in [4.69, 9.17) is 32.7 Å². The third-order valence-corrected chi connectivity index (χ3v) is 4.90. The van der Waals surface area contributed by atoms with Crippen LogP contribution in [0.15, 0.2) is 66.4 Å². The summed E-state index contributed by atoms with van der Waals surface area (Å²) in [4.78, 5) is 12.7. The van der Waals surface area contributed by atoms with Gasteiger partial charge in [0.1, 0.15) is 18.1 Å². The van der Waals surface area contributed by atoms with Crippen LogP contribution in [0.3, 0.4) is 0 Å². The maximum absolute atomic E-state index is 12.7. The van der Waals surface area contributed by atoms with E-state index in [9.17, 15) is 4.79 Å². The monoisotopic (exact) mass is 410 g/mol. The molecule has 4 rings (SSSR count). The van der Waals surface area contributed by atoms with Gasteiger partial charge in [-0.15, -0.1) is 0 Å². The molecule has 0 saturated heterocycles. The van der Waals surface area contributed by atoms with Crippen molar-refractivity contribution in [3.63, 3.8) is 0 Å². The number of ketones is 1. The van der Waals surface area contributed by atoms with Gasteiger partial charge in [-0.05, 0) is 60.0 Å². The van der Waals surface area contributed by atoms with Crippen LogP contribution in [0.2, 0.25) is 10.0 Å². The molecule has 1 heterocycles. The number of benzene rings is 3. The van der Waals surface area contributed by atoms with E-state index in [0.29, 0.717) is 33.7 Å². The summed E-state index contributed by atoms with van der Waals surface area (Å²) < 4.78 is 11.7. The van der Waals surface area contributed by atoms with E-state index in [2.05, 4.69) is 0 Å². The Morgan fingerprint density at radius 1 is 1.00 bits per heavy atom. The third kappa shape index (κ3) is 3.91. The summed E-state index contributed by atoms with van der Waals surface area (Å²) in [5.74, 6) is 1.28. The number of aryl methyl sites for hydroxylation is 1. The molecule has 3 aromatic carbocycles. The van der Waals surface area contributed by atoms with Crippen LogP contribution in [0.25, 0.3) is 6.08 Å². The highest BCUT2D eigenvalue weighted by Gasteiger charge is 2.30. The zero-order valence-corrected chi connectivity index (χ0v) is 16.6. The minimum absolute atomic E-state index is 0.142. The zero-order chi connectivity index (χ0) is 19.7. The van der Waals surface area contributed by atoms with Gasteiger partial charge in [0.05, 0.1) is 5.56 Å². The molecule has 0 aliphatic carbocycles. The smallest absolute Gasteiger partial charge is 0.232 e. The van der Waals surface area contributed by atoms with E-state index >= 15 is 0 Å². The van der Waals surface area contributed by atoms with Crippen LogP contribution in [0.1, 0.15) is 27.0 Å². The van der Waals surface area contributed by atoms with E-state index in [0.717, 1.165) is 16.7 Å². The average molecular weight is 411 g/mol. The zero-order valence-electron chi connectivity index (χ0n) is 15.0. The molecule has 3 nitrogen and oxygen atoms in total. The Kier molecular flexibility index (Phi) is 5.12. The lowest BCUT2D eigenvalue weighted by Gasteiger charge is -2.09. The molecule has 3 aromatic rings. The fourth-order valence-electron chi connectivity index (χ4n) is 3.06. The second-order valence-electron chi connectivity index (χ2n) is 6.52. The van der Waals surface area contributed by atoms with E-state index in [1.165, 1.54) is 0 Å². The molecule has 0 atom stereocenters. The van der Waals surface area contributed by atoms with Crippen molar-refractivity contribution in [2.75, 3.05) is 0 Å². The number of hydrogen-bond donors (Lipinski definition) is 0. The van der Waals surface area contributed by atoms with Crippen LogP contribution in [0.5, 0.6) is 11.5 Å². The van der Waals surface area contributed by atoms with E-state index in [-0.39, 0.29) is 11.5 Å². The molecule has 0 bridgehead atoms. The highest BCUT2D eigenvalue weighted by Crippen LogP contribution is 2.37. The minimum atomic E-state index is -0.142. The lowest BCUT2D eigenvalue weighted by molar-refractivity contribution is 0.101. The Morgan fingerprint density at radius 3 is 2.54 bits per heavy atom. The molecule has 1 aliphatic heterocycles. The molecule has 0 unspecified atom stereocenters. The largest absolute Gasteiger partial charge is 0.489 e. The van der Waals surface area contributed by atoms with Gasteiger partial charge in [-0.2, -0.15) is 0 Å². The van der Waals surface area contributed by atoms with Crippen LogP contribution >= 0.6 is 23.2 Å². The van der Waals surface area contributed by atoms with Crippen molar-refractivity contribution >= 4 is 35.1 Å². The molecule has 0 fully saturated rings. The topological polar surface area (TPSA) is 35.5 Å². The van der Waals surface area contributed by atoms with Gasteiger partial charge in [0.25, 0.3) is 0 Å². The molecule has 1 aliphatic rings. The summed E-state index contributed by atoms with van der Waals surface area (Å²) in [5.41, 5.74) is 3.18. The normalized spacial score (nSPS) is 14.1.